The smallest absolute Gasteiger partial charge is 0.276 e. The Balaban J connectivity index is 1.99. The minimum atomic E-state index is -0.499. The van der Waals surface area contributed by atoms with Gasteiger partial charge in [-0.2, -0.15) is 0 Å². The van der Waals surface area contributed by atoms with Gasteiger partial charge in [-0.15, -0.1) is 0 Å². The molecule has 1 aliphatic rings. The molecule has 1 unspecified atom stereocenters. The fraction of sp³-hybridized carbons (Fsp3) is 0.250. The fourth-order valence-electron chi connectivity index (χ4n) is 2.55. The van der Waals surface area contributed by atoms with Crippen molar-refractivity contribution in [3.8, 4) is 0 Å². The lowest BCUT2D eigenvalue weighted by atomic mass is 9.98. The van der Waals surface area contributed by atoms with Gasteiger partial charge in [0.1, 0.15) is 5.69 Å². The highest BCUT2D eigenvalue weighted by atomic mass is 16.3. The van der Waals surface area contributed by atoms with Gasteiger partial charge in [0, 0.05) is 23.5 Å². The predicted octanol–water partition coefficient (Wildman–Crippen LogP) is 2.47. The molecule has 102 valence electrons. The first-order valence-corrected chi connectivity index (χ1v) is 6.69. The quantitative estimate of drug-likeness (QED) is 0.864. The third kappa shape index (κ3) is 2.18. The Morgan fingerprint density at radius 2 is 2.05 bits per heavy atom. The zero-order valence-corrected chi connectivity index (χ0v) is 11.3. The Hall–Kier alpha value is -2.20. The van der Waals surface area contributed by atoms with Gasteiger partial charge in [-0.3, -0.25) is 4.79 Å². The van der Waals surface area contributed by atoms with E-state index in [0.717, 1.165) is 16.9 Å². The van der Waals surface area contributed by atoms with Crippen molar-refractivity contribution in [1.29, 1.82) is 0 Å². The first-order chi connectivity index (χ1) is 9.66. The van der Waals surface area contributed by atoms with E-state index in [4.69, 9.17) is 0 Å². The fourth-order valence-corrected chi connectivity index (χ4v) is 2.55. The molecule has 3 rings (SSSR count). The molecule has 20 heavy (non-hydrogen) atoms. The van der Waals surface area contributed by atoms with E-state index in [-0.39, 0.29) is 5.91 Å². The molecule has 0 saturated carbocycles. The van der Waals surface area contributed by atoms with Crippen molar-refractivity contribution in [3.63, 3.8) is 0 Å². The second-order valence-corrected chi connectivity index (χ2v) is 4.98. The average molecular weight is 268 g/mol. The number of hydrogen-bond acceptors (Lipinski definition) is 3. The Kier molecular flexibility index (Phi) is 3.24. The van der Waals surface area contributed by atoms with Crippen molar-refractivity contribution >= 4 is 11.6 Å². The molecule has 1 amide bonds. The van der Waals surface area contributed by atoms with Crippen LogP contribution < -0.4 is 4.90 Å². The number of carbonyl (C=O) groups is 1. The average Bonchev–Trinajstić information content (AvgIpc) is 2.47. The molecule has 0 saturated heterocycles. The highest BCUT2D eigenvalue weighted by molar-refractivity contribution is 6.05. The van der Waals surface area contributed by atoms with Gasteiger partial charge in [0.15, 0.2) is 0 Å². The summed E-state index contributed by atoms with van der Waals surface area (Å²) in [4.78, 5) is 18.6. The number of aromatic nitrogens is 1. The number of amides is 1. The van der Waals surface area contributed by atoms with Crippen molar-refractivity contribution in [2.45, 2.75) is 19.4 Å². The summed E-state index contributed by atoms with van der Waals surface area (Å²) in [5.74, 6) is -0.118. The van der Waals surface area contributed by atoms with Gasteiger partial charge in [0.05, 0.1) is 6.10 Å². The number of aryl methyl sites for hydroxylation is 1. The standard InChI is InChI=1S/C16H16N2O2/c1-11-5-4-7-13(17-11)16(20)18-10-9-15(19)12-6-2-3-8-14(12)18/h2-8,15,19H,9-10H2,1H3. The molecule has 1 N–H and O–H groups in total. The van der Waals surface area contributed by atoms with Crippen molar-refractivity contribution in [2.24, 2.45) is 0 Å². The lowest BCUT2D eigenvalue weighted by Gasteiger charge is -2.32. The van der Waals surface area contributed by atoms with Gasteiger partial charge in [-0.25, -0.2) is 4.98 Å². The van der Waals surface area contributed by atoms with Crippen LogP contribution in [0.15, 0.2) is 42.5 Å². The van der Waals surface area contributed by atoms with Crippen LogP contribution in [0.2, 0.25) is 0 Å². The van der Waals surface area contributed by atoms with Crippen LogP contribution >= 0.6 is 0 Å². The number of fused-ring (bicyclic) bond motifs is 1. The summed E-state index contributed by atoms with van der Waals surface area (Å²) >= 11 is 0. The van der Waals surface area contributed by atoms with Crippen LogP contribution in [0.5, 0.6) is 0 Å². The SMILES string of the molecule is Cc1cccc(C(=O)N2CCC(O)c3ccccc32)n1. The largest absolute Gasteiger partial charge is 0.388 e. The van der Waals surface area contributed by atoms with Crippen LogP contribution in [-0.4, -0.2) is 22.5 Å². The van der Waals surface area contributed by atoms with Gasteiger partial charge in [0.2, 0.25) is 0 Å². The summed E-state index contributed by atoms with van der Waals surface area (Å²) in [7, 11) is 0. The highest BCUT2D eigenvalue weighted by Gasteiger charge is 2.28. The summed E-state index contributed by atoms with van der Waals surface area (Å²) in [6, 6.07) is 12.9. The molecule has 0 radical (unpaired) electrons. The zero-order chi connectivity index (χ0) is 14.1. The summed E-state index contributed by atoms with van der Waals surface area (Å²) < 4.78 is 0. The van der Waals surface area contributed by atoms with E-state index in [0.29, 0.717) is 18.7 Å². The van der Waals surface area contributed by atoms with Crippen LogP contribution in [-0.2, 0) is 0 Å². The lowest BCUT2D eigenvalue weighted by molar-refractivity contribution is 0.0965. The maximum Gasteiger partial charge on any atom is 0.276 e. The van der Waals surface area contributed by atoms with Crippen LogP contribution in [0.3, 0.4) is 0 Å². The highest BCUT2D eigenvalue weighted by Crippen LogP contribution is 2.34. The Morgan fingerprint density at radius 3 is 2.85 bits per heavy atom. The normalized spacial score (nSPS) is 17.7. The van der Waals surface area contributed by atoms with Crippen LogP contribution in [0, 0.1) is 6.92 Å². The Labute approximate surface area is 117 Å². The Bertz CT molecular complexity index is 654. The van der Waals surface area contributed by atoms with Crippen molar-refractivity contribution in [3.05, 3.63) is 59.4 Å². The third-order valence-electron chi connectivity index (χ3n) is 3.57. The molecule has 1 aromatic heterocycles. The molecular formula is C16H16N2O2. The maximum atomic E-state index is 12.6. The number of benzene rings is 1. The molecule has 0 bridgehead atoms. The van der Waals surface area contributed by atoms with Crippen molar-refractivity contribution in [1.82, 2.24) is 4.98 Å². The summed E-state index contributed by atoms with van der Waals surface area (Å²) in [5, 5.41) is 10.0. The first kappa shape index (κ1) is 12.8. The number of carbonyl (C=O) groups excluding carboxylic acids is 1. The molecular weight excluding hydrogens is 252 g/mol. The molecule has 4 nitrogen and oxygen atoms in total. The van der Waals surface area contributed by atoms with E-state index in [2.05, 4.69) is 4.98 Å². The van der Waals surface area contributed by atoms with Crippen LogP contribution in [0.25, 0.3) is 0 Å². The number of anilines is 1. The minimum Gasteiger partial charge on any atom is -0.388 e. The molecule has 1 aliphatic heterocycles. The lowest BCUT2D eigenvalue weighted by Crippen LogP contribution is -2.37. The topological polar surface area (TPSA) is 53.4 Å². The number of rotatable bonds is 1. The second kappa shape index (κ2) is 5.06. The van der Waals surface area contributed by atoms with Crippen LogP contribution in [0.4, 0.5) is 5.69 Å². The van der Waals surface area contributed by atoms with E-state index in [1.54, 1.807) is 11.0 Å². The molecule has 1 atom stereocenters. The number of pyridine rings is 1. The zero-order valence-electron chi connectivity index (χ0n) is 11.3. The molecule has 0 spiro atoms. The number of aliphatic hydroxyl groups is 1. The molecule has 0 fully saturated rings. The van der Waals surface area contributed by atoms with Crippen molar-refractivity contribution < 1.29 is 9.90 Å². The summed E-state index contributed by atoms with van der Waals surface area (Å²) in [6.45, 7) is 2.37. The van der Waals surface area contributed by atoms with E-state index in [1.165, 1.54) is 0 Å². The number of nitrogens with zero attached hydrogens (tertiary/aromatic N) is 2. The predicted molar refractivity (Wildman–Crippen MR) is 76.7 cm³/mol. The molecule has 4 heteroatoms. The number of hydrogen-bond donors (Lipinski definition) is 1. The van der Waals surface area contributed by atoms with Gasteiger partial charge < -0.3 is 10.0 Å². The molecule has 1 aromatic carbocycles. The summed E-state index contributed by atoms with van der Waals surface area (Å²) in [6.07, 6.45) is 0.0508. The first-order valence-electron chi connectivity index (χ1n) is 6.69. The van der Waals surface area contributed by atoms with Gasteiger partial charge in [0.25, 0.3) is 5.91 Å². The van der Waals surface area contributed by atoms with E-state index < -0.39 is 6.10 Å². The Morgan fingerprint density at radius 1 is 1.25 bits per heavy atom. The maximum absolute atomic E-state index is 12.6. The van der Waals surface area contributed by atoms with Crippen molar-refractivity contribution in [2.75, 3.05) is 11.4 Å². The van der Waals surface area contributed by atoms with E-state index in [1.807, 2.05) is 43.3 Å². The van der Waals surface area contributed by atoms with E-state index >= 15 is 0 Å². The molecule has 2 aromatic rings. The minimum absolute atomic E-state index is 0.118. The van der Waals surface area contributed by atoms with Crippen LogP contribution in [0.1, 0.15) is 34.3 Å². The number of para-hydroxylation sites is 1. The monoisotopic (exact) mass is 268 g/mol. The third-order valence-corrected chi connectivity index (χ3v) is 3.57. The van der Waals surface area contributed by atoms with Gasteiger partial charge in [-0.1, -0.05) is 24.3 Å². The molecule has 0 aliphatic carbocycles. The van der Waals surface area contributed by atoms with Gasteiger partial charge >= 0.3 is 0 Å². The van der Waals surface area contributed by atoms with Gasteiger partial charge in [-0.05, 0) is 31.5 Å². The summed E-state index contributed by atoms with van der Waals surface area (Å²) in [5.41, 5.74) is 2.84. The van der Waals surface area contributed by atoms with E-state index in [9.17, 15) is 9.90 Å². The number of aliphatic hydroxyl groups excluding tert-OH is 1. The second-order valence-electron chi connectivity index (χ2n) is 4.98. The molecule has 2 heterocycles.